The highest BCUT2D eigenvalue weighted by atomic mass is 16.5. The van der Waals surface area contributed by atoms with E-state index in [0.29, 0.717) is 11.5 Å². The molecule has 2 heterocycles. The van der Waals surface area contributed by atoms with E-state index in [9.17, 15) is 4.79 Å². The van der Waals surface area contributed by atoms with E-state index in [4.69, 9.17) is 4.74 Å². The molecule has 1 aliphatic carbocycles. The average Bonchev–Trinajstić information content (AvgIpc) is 3.14. The van der Waals surface area contributed by atoms with Crippen LogP contribution in [-0.4, -0.2) is 22.0 Å². The fraction of sp³-hybridized carbons (Fsp3) is 0.200. The first kappa shape index (κ1) is 18.4. The van der Waals surface area contributed by atoms with Crippen LogP contribution >= 0.6 is 0 Å². The Morgan fingerprint density at radius 2 is 1.93 bits per heavy atom. The number of pyridine rings is 1. The monoisotopic (exact) mass is 397 g/mol. The lowest BCUT2D eigenvalue weighted by Gasteiger charge is -2.35. The van der Waals surface area contributed by atoms with Crippen LogP contribution in [0.4, 0.5) is 5.69 Å². The van der Waals surface area contributed by atoms with Crippen molar-refractivity contribution in [3.8, 4) is 5.75 Å². The number of aromatic amines is 1. The molecule has 0 aliphatic heterocycles. The Morgan fingerprint density at radius 3 is 2.70 bits per heavy atom. The minimum Gasteiger partial charge on any atom is -0.490 e. The van der Waals surface area contributed by atoms with E-state index in [1.807, 2.05) is 55.7 Å². The molecule has 150 valence electrons. The number of aromatic nitrogens is 2. The quantitative estimate of drug-likeness (QED) is 0.471. The molecule has 5 heteroatoms. The number of rotatable bonds is 5. The molecule has 0 saturated heterocycles. The zero-order valence-electron chi connectivity index (χ0n) is 16.8. The number of fused-ring (bicyclic) bond motifs is 1. The van der Waals surface area contributed by atoms with Crippen LogP contribution in [0.2, 0.25) is 0 Å². The zero-order chi connectivity index (χ0) is 20.5. The smallest absolute Gasteiger partial charge is 0.255 e. The highest BCUT2D eigenvalue weighted by Gasteiger charge is 2.32. The standard InChI is InChI=1S/C25H23N3O2/c1-16-7-8-18(14-26-16)19-11-21(12-19)30-20-9-10-23-22(13-20)24(15-27-23)28-25(29)17-5-3-2-4-6-17/h2-10,13-15,19,21,27H,11-12H2,1H3,(H,28,29)/t19-,21+. The van der Waals surface area contributed by atoms with Crippen molar-refractivity contribution in [1.82, 2.24) is 9.97 Å². The molecule has 30 heavy (non-hydrogen) atoms. The van der Waals surface area contributed by atoms with Crippen LogP contribution in [0, 0.1) is 6.92 Å². The Hall–Kier alpha value is -3.60. The van der Waals surface area contributed by atoms with Crippen molar-refractivity contribution in [2.75, 3.05) is 5.32 Å². The molecule has 5 nitrogen and oxygen atoms in total. The summed E-state index contributed by atoms with van der Waals surface area (Å²) in [5, 5.41) is 3.93. The first-order chi connectivity index (χ1) is 14.7. The largest absolute Gasteiger partial charge is 0.490 e. The minimum absolute atomic E-state index is 0.128. The number of aryl methyl sites for hydroxylation is 1. The summed E-state index contributed by atoms with van der Waals surface area (Å²) in [6.45, 7) is 2.00. The van der Waals surface area contributed by atoms with Gasteiger partial charge in [-0.2, -0.15) is 0 Å². The third kappa shape index (κ3) is 3.66. The van der Waals surface area contributed by atoms with Gasteiger partial charge in [-0.25, -0.2) is 0 Å². The van der Waals surface area contributed by atoms with Gasteiger partial charge in [0, 0.05) is 34.6 Å². The van der Waals surface area contributed by atoms with Gasteiger partial charge in [-0.1, -0.05) is 24.3 Å². The molecular formula is C25H23N3O2. The van der Waals surface area contributed by atoms with Crippen molar-refractivity contribution in [2.24, 2.45) is 0 Å². The molecule has 0 radical (unpaired) electrons. The fourth-order valence-corrected chi connectivity index (χ4v) is 3.91. The van der Waals surface area contributed by atoms with Gasteiger partial charge in [0.25, 0.3) is 5.91 Å². The number of ether oxygens (including phenoxy) is 1. The number of nitrogens with zero attached hydrogens (tertiary/aromatic N) is 1. The Balaban J connectivity index is 1.27. The predicted octanol–water partition coefficient (Wildman–Crippen LogP) is 5.45. The summed E-state index contributed by atoms with van der Waals surface area (Å²) in [5.41, 5.74) is 4.67. The van der Waals surface area contributed by atoms with E-state index in [0.717, 1.165) is 40.9 Å². The maximum atomic E-state index is 12.5. The molecule has 0 unspecified atom stereocenters. The molecule has 0 bridgehead atoms. The topological polar surface area (TPSA) is 67.0 Å². The summed E-state index contributed by atoms with van der Waals surface area (Å²) < 4.78 is 6.20. The molecule has 2 aromatic carbocycles. The molecule has 2 aromatic heterocycles. The minimum atomic E-state index is -0.128. The lowest BCUT2D eigenvalue weighted by atomic mass is 9.78. The normalized spacial score (nSPS) is 18.0. The number of carbonyl (C=O) groups excluding carboxylic acids is 1. The first-order valence-electron chi connectivity index (χ1n) is 10.2. The SMILES string of the molecule is Cc1ccc([C@H]2C[C@@H](Oc3ccc4[nH]cc(NC(=O)c5ccccc5)c4c3)C2)cn1. The molecule has 5 rings (SSSR count). The third-order valence-corrected chi connectivity index (χ3v) is 5.74. The molecule has 0 atom stereocenters. The van der Waals surface area contributed by atoms with Gasteiger partial charge < -0.3 is 15.0 Å². The average molecular weight is 397 g/mol. The number of H-pyrrole nitrogens is 1. The highest BCUT2D eigenvalue weighted by Crippen LogP contribution is 2.39. The Morgan fingerprint density at radius 1 is 1.10 bits per heavy atom. The van der Waals surface area contributed by atoms with Crippen LogP contribution in [-0.2, 0) is 0 Å². The Bertz CT molecular complexity index is 1180. The van der Waals surface area contributed by atoms with Crippen molar-refractivity contribution < 1.29 is 9.53 Å². The van der Waals surface area contributed by atoms with Crippen molar-refractivity contribution in [1.29, 1.82) is 0 Å². The van der Waals surface area contributed by atoms with Gasteiger partial charge in [-0.05, 0) is 67.6 Å². The van der Waals surface area contributed by atoms with Crippen LogP contribution in [0.3, 0.4) is 0 Å². The van der Waals surface area contributed by atoms with Crippen LogP contribution in [0.5, 0.6) is 5.75 Å². The van der Waals surface area contributed by atoms with Gasteiger partial charge >= 0.3 is 0 Å². The molecular weight excluding hydrogens is 374 g/mol. The Labute approximate surface area is 175 Å². The predicted molar refractivity (Wildman–Crippen MR) is 118 cm³/mol. The summed E-state index contributed by atoms with van der Waals surface area (Å²) in [4.78, 5) is 20.1. The summed E-state index contributed by atoms with van der Waals surface area (Å²) >= 11 is 0. The van der Waals surface area contributed by atoms with E-state index in [2.05, 4.69) is 27.4 Å². The van der Waals surface area contributed by atoms with Crippen molar-refractivity contribution in [2.45, 2.75) is 31.8 Å². The van der Waals surface area contributed by atoms with E-state index in [1.54, 1.807) is 12.1 Å². The summed E-state index contributed by atoms with van der Waals surface area (Å²) in [7, 11) is 0. The van der Waals surface area contributed by atoms with Crippen molar-refractivity contribution >= 4 is 22.5 Å². The van der Waals surface area contributed by atoms with Crippen LogP contribution in [0.25, 0.3) is 10.9 Å². The van der Waals surface area contributed by atoms with Gasteiger partial charge in [0.2, 0.25) is 0 Å². The number of carbonyl (C=O) groups is 1. The van der Waals surface area contributed by atoms with Crippen molar-refractivity contribution in [3.05, 3.63) is 89.9 Å². The van der Waals surface area contributed by atoms with Crippen LogP contribution in [0.1, 0.15) is 40.4 Å². The van der Waals surface area contributed by atoms with E-state index in [-0.39, 0.29) is 12.0 Å². The number of hydrogen-bond acceptors (Lipinski definition) is 3. The molecule has 2 N–H and O–H groups in total. The second kappa shape index (κ2) is 7.67. The van der Waals surface area contributed by atoms with Gasteiger partial charge in [-0.3, -0.25) is 9.78 Å². The molecule has 1 aliphatic rings. The Kier molecular flexibility index (Phi) is 4.71. The summed E-state index contributed by atoms with van der Waals surface area (Å²) in [5.74, 6) is 1.21. The number of hydrogen-bond donors (Lipinski definition) is 2. The number of amides is 1. The fourth-order valence-electron chi connectivity index (χ4n) is 3.91. The second-order valence-corrected chi connectivity index (χ2v) is 7.87. The maximum absolute atomic E-state index is 12.5. The lowest BCUT2D eigenvalue weighted by Crippen LogP contribution is -2.32. The lowest BCUT2D eigenvalue weighted by molar-refractivity contribution is 0.0985. The zero-order valence-corrected chi connectivity index (χ0v) is 16.8. The molecule has 1 saturated carbocycles. The van der Waals surface area contributed by atoms with Crippen LogP contribution < -0.4 is 10.1 Å². The van der Waals surface area contributed by atoms with E-state index < -0.39 is 0 Å². The van der Waals surface area contributed by atoms with E-state index in [1.165, 1.54) is 5.56 Å². The highest BCUT2D eigenvalue weighted by molar-refractivity contribution is 6.09. The van der Waals surface area contributed by atoms with Crippen LogP contribution in [0.15, 0.2) is 73.1 Å². The third-order valence-electron chi connectivity index (χ3n) is 5.74. The van der Waals surface area contributed by atoms with Gasteiger partial charge in [-0.15, -0.1) is 0 Å². The molecule has 4 aromatic rings. The van der Waals surface area contributed by atoms with Gasteiger partial charge in [0.15, 0.2) is 0 Å². The molecule has 1 fully saturated rings. The summed E-state index contributed by atoms with van der Waals surface area (Å²) in [6, 6.07) is 19.4. The van der Waals surface area contributed by atoms with Gasteiger partial charge in [0.05, 0.1) is 11.8 Å². The van der Waals surface area contributed by atoms with E-state index >= 15 is 0 Å². The number of benzene rings is 2. The summed E-state index contributed by atoms with van der Waals surface area (Å²) in [6.07, 6.45) is 5.99. The number of anilines is 1. The maximum Gasteiger partial charge on any atom is 0.255 e. The van der Waals surface area contributed by atoms with Gasteiger partial charge in [0.1, 0.15) is 5.75 Å². The second-order valence-electron chi connectivity index (χ2n) is 7.87. The molecule has 0 spiro atoms. The first-order valence-corrected chi connectivity index (χ1v) is 10.2. The number of nitrogens with one attached hydrogen (secondary N) is 2. The van der Waals surface area contributed by atoms with Crippen molar-refractivity contribution in [3.63, 3.8) is 0 Å². The molecule has 1 amide bonds.